The van der Waals surface area contributed by atoms with E-state index in [4.69, 9.17) is 9.47 Å². The van der Waals surface area contributed by atoms with Crippen LogP contribution in [0.15, 0.2) is 78.9 Å². The molecule has 1 aliphatic heterocycles. The summed E-state index contributed by atoms with van der Waals surface area (Å²) in [5.74, 6) is 0.934. The lowest BCUT2D eigenvalue weighted by atomic mass is 10.1. The van der Waals surface area contributed by atoms with Gasteiger partial charge in [0.05, 0.1) is 24.7 Å². The first-order chi connectivity index (χ1) is 16.2. The van der Waals surface area contributed by atoms with Gasteiger partial charge in [0.2, 0.25) is 11.8 Å². The zero-order valence-corrected chi connectivity index (χ0v) is 19.2. The third kappa shape index (κ3) is 5.74. The number of ether oxygens (including phenoxy) is 2. The monoisotopic (exact) mass is 462 g/mol. The van der Waals surface area contributed by atoms with Gasteiger partial charge in [-0.05, 0) is 42.3 Å². The zero-order chi connectivity index (χ0) is 23.0. The number of carbonyl (C=O) groups is 2. The topological polar surface area (TPSA) is 67.9 Å². The van der Waals surface area contributed by atoms with Crippen molar-refractivity contribution in [2.75, 3.05) is 29.2 Å². The summed E-state index contributed by atoms with van der Waals surface area (Å²) in [4.78, 5) is 26.7. The first-order valence-electron chi connectivity index (χ1n) is 10.8. The molecular weight excluding hydrogens is 436 g/mol. The second-order valence-corrected chi connectivity index (χ2v) is 8.54. The van der Waals surface area contributed by atoms with Crippen LogP contribution in [0.2, 0.25) is 0 Å². The van der Waals surface area contributed by atoms with Crippen molar-refractivity contribution in [3.63, 3.8) is 0 Å². The molecule has 170 valence electrons. The normalized spacial score (nSPS) is 15.5. The molecule has 0 saturated carbocycles. The van der Waals surface area contributed by atoms with Gasteiger partial charge in [0.25, 0.3) is 0 Å². The van der Waals surface area contributed by atoms with Crippen LogP contribution in [0.3, 0.4) is 0 Å². The highest BCUT2D eigenvalue weighted by Gasteiger charge is 2.35. The maximum absolute atomic E-state index is 12.7. The fraction of sp³-hybridized carbons (Fsp3) is 0.231. The molecule has 6 nitrogen and oxygen atoms in total. The molecule has 2 amide bonds. The van der Waals surface area contributed by atoms with Crippen molar-refractivity contribution in [3.8, 4) is 5.75 Å². The van der Waals surface area contributed by atoms with Crippen LogP contribution >= 0.6 is 11.8 Å². The Morgan fingerprint density at radius 1 is 1.03 bits per heavy atom. The molecular formula is C26H26N2O4S. The third-order valence-electron chi connectivity index (χ3n) is 5.12. The minimum atomic E-state index is -0.212. The largest absolute Gasteiger partial charge is 0.492 e. The average Bonchev–Trinajstić information content (AvgIpc) is 3.22. The molecule has 0 unspecified atom stereocenters. The lowest BCUT2D eigenvalue weighted by Crippen LogP contribution is -2.28. The molecule has 1 fully saturated rings. The molecule has 1 atom stereocenters. The van der Waals surface area contributed by atoms with Gasteiger partial charge in [0.1, 0.15) is 17.7 Å². The Labute approximate surface area is 197 Å². The van der Waals surface area contributed by atoms with Crippen LogP contribution < -0.4 is 15.0 Å². The number of para-hydroxylation sites is 2. The summed E-state index contributed by atoms with van der Waals surface area (Å²) in [6, 6.07) is 24.9. The Balaban J connectivity index is 1.39. The number of anilines is 2. The number of amides is 2. The maximum atomic E-state index is 12.7. The molecule has 7 heteroatoms. The number of rotatable bonds is 9. The molecule has 0 radical (unpaired) electrons. The first kappa shape index (κ1) is 22.9. The highest BCUT2D eigenvalue weighted by atomic mass is 32.2. The molecule has 0 bridgehead atoms. The highest BCUT2D eigenvalue weighted by molar-refractivity contribution is 8.00. The quantitative estimate of drug-likeness (QED) is 0.484. The van der Waals surface area contributed by atoms with Crippen molar-refractivity contribution in [1.29, 1.82) is 0 Å². The molecule has 0 aromatic heterocycles. The predicted molar refractivity (Wildman–Crippen MR) is 131 cm³/mol. The molecule has 1 heterocycles. The van der Waals surface area contributed by atoms with Crippen LogP contribution in [0.5, 0.6) is 5.75 Å². The Morgan fingerprint density at radius 2 is 1.76 bits per heavy atom. The van der Waals surface area contributed by atoms with Gasteiger partial charge in [-0.1, -0.05) is 54.6 Å². The van der Waals surface area contributed by atoms with E-state index in [0.717, 1.165) is 16.8 Å². The fourth-order valence-corrected chi connectivity index (χ4v) is 4.80. The average molecular weight is 463 g/mol. The smallest absolute Gasteiger partial charge is 0.250 e. The van der Waals surface area contributed by atoms with E-state index in [1.54, 1.807) is 16.7 Å². The minimum absolute atomic E-state index is 0.0222. The van der Waals surface area contributed by atoms with Crippen molar-refractivity contribution in [2.45, 2.75) is 18.9 Å². The number of nitrogens with one attached hydrogen (secondary N) is 1. The molecule has 33 heavy (non-hydrogen) atoms. The predicted octanol–water partition coefficient (Wildman–Crippen LogP) is 5.02. The number of benzene rings is 3. The van der Waals surface area contributed by atoms with Gasteiger partial charge in [-0.2, -0.15) is 0 Å². The van der Waals surface area contributed by atoms with Crippen LogP contribution in [-0.4, -0.2) is 30.8 Å². The van der Waals surface area contributed by atoms with Gasteiger partial charge in [-0.15, -0.1) is 11.8 Å². The van der Waals surface area contributed by atoms with E-state index in [1.165, 1.54) is 0 Å². The van der Waals surface area contributed by atoms with Gasteiger partial charge in [0.15, 0.2) is 0 Å². The summed E-state index contributed by atoms with van der Waals surface area (Å²) in [5.41, 5.74) is 3.46. The van der Waals surface area contributed by atoms with Gasteiger partial charge < -0.3 is 14.8 Å². The summed E-state index contributed by atoms with van der Waals surface area (Å²) in [6.45, 7) is 2.82. The van der Waals surface area contributed by atoms with Crippen molar-refractivity contribution in [3.05, 3.63) is 90.0 Å². The Bertz CT molecular complexity index is 1090. The minimum Gasteiger partial charge on any atom is -0.492 e. The molecule has 3 aromatic carbocycles. The third-order valence-corrected chi connectivity index (χ3v) is 6.33. The second-order valence-electron chi connectivity index (χ2n) is 7.48. The number of thioether (sulfide) groups is 1. The van der Waals surface area contributed by atoms with Crippen molar-refractivity contribution >= 4 is 35.0 Å². The van der Waals surface area contributed by atoms with E-state index >= 15 is 0 Å². The van der Waals surface area contributed by atoms with Crippen LogP contribution in [0.4, 0.5) is 11.4 Å². The number of nitrogens with zero attached hydrogens (tertiary/aromatic N) is 1. The molecule has 3 aromatic rings. The molecule has 4 rings (SSSR count). The maximum Gasteiger partial charge on any atom is 0.250 e. The fourth-order valence-electron chi connectivity index (χ4n) is 3.63. The van der Waals surface area contributed by atoms with Crippen LogP contribution in [-0.2, 0) is 20.9 Å². The summed E-state index contributed by atoms with van der Waals surface area (Å²) < 4.78 is 11.2. The van der Waals surface area contributed by atoms with Crippen LogP contribution in [0.25, 0.3) is 0 Å². The summed E-state index contributed by atoms with van der Waals surface area (Å²) in [7, 11) is 0. The van der Waals surface area contributed by atoms with E-state index in [0.29, 0.717) is 30.4 Å². The summed E-state index contributed by atoms with van der Waals surface area (Å²) >= 11 is 1.58. The van der Waals surface area contributed by atoms with Gasteiger partial charge in [-0.3, -0.25) is 14.5 Å². The molecule has 0 spiro atoms. The van der Waals surface area contributed by atoms with Gasteiger partial charge >= 0.3 is 0 Å². The van der Waals surface area contributed by atoms with Crippen molar-refractivity contribution in [2.24, 2.45) is 0 Å². The lowest BCUT2D eigenvalue weighted by molar-refractivity contribution is -0.121. The van der Waals surface area contributed by atoms with E-state index < -0.39 is 0 Å². The lowest BCUT2D eigenvalue weighted by Gasteiger charge is -2.26. The van der Waals surface area contributed by atoms with Gasteiger partial charge in [0, 0.05) is 5.69 Å². The SMILES string of the molecule is CCOc1ccccc1N1C(=O)CS[C@H]1c1ccc(NC(=O)COCc2ccccc2)cc1. The Hall–Kier alpha value is -3.29. The summed E-state index contributed by atoms with van der Waals surface area (Å²) in [5, 5.41) is 2.70. The molecule has 1 aliphatic rings. The van der Waals surface area contributed by atoms with Crippen molar-refractivity contribution in [1.82, 2.24) is 0 Å². The van der Waals surface area contributed by atoms with E-state index in [-0.39, 0.29) is 23.8 Å². The van der Waals surface area contributed by atoms with Gasteiger partial charge in [-0.25, -0.2) is 0 Å². The molecule has 1 N–H and O–H groups in total. The van der Waals surface area contributed by atoms with Crippen molar-refractivity contribution < 1.29 is 19.1 Å². The van der Waals surface area contributed by atoms with E-state index in [1.807, 2.05) is 85.8 Å². The van der Waals surface area contributed by atoms with Crippen LogP contribution in [0.1, 0.15) is 23.4 Å². The standard InChI is InChI=1S/C26H26N2O4S/c1-2-32-23-11-7-6-10-22(23)28-25(30)18-33-26(28)20-12-14-21(15-13-20)27-24(29)17-31-16-19-8-4-3-5-9-19/h3-15,26H,2,16-18H2,1H3,(H,27,29)/t26-/m0/s1. The molecule has 1 saturated heterocycles. The number of hydrogen-bond donors (Lipinski definition) is 1. The Morgan fingerprint density at radius 3 is 2.52 bits per heavy atom. The molecule has 0 aliphatic carbocycles. The number of carbonyl (C=O) groups excluding carboxylic acids is 2. The second kappa shape index (κ2) is 11.0. The Kier molecular flexibility index (Phi) is 7.65. The van der Waals surface area contributed by atoms with E-state index in [9.17, 15) is 9.59 Å². The number of hydrogen-bond acceptors (Lipinski definition) is 5. The first-order valence-corrected chi connectivity index (χ1v) is 11.9. The zero-order valence-electron chi connectivity index (χ0n) is 18.4. The highest BCUT2D eigenvalue weighted by Crippen LogP contribution is 2.44. The van der Waals surface area contributed by atoms with E-state index in [2.05, 4.69) is 5.32 Å². The van der Waals surface area contributed by atoms with Crippen LogP contribution in [0, 0.1) is 0 Å². The summed E-state index contributed by atoms with van der Waals surface area (Å²) in [6.07, 6.45) is 0.